The predicted molar refractivity (Wildman–Crippen MR) is 149 cm³/mol. The van der Waals surface area contributed by atoms with Gasteiger partial charge in [-0.1, -0.05) is 26.7 Å². The molecule has 2 unspecified atom stereocenters. The van der Waals surface area contributed by atoms with E-state index < -0.39 is 112 Å². The lowest BCUT2D eigenvalue weighted by molar-refractivity contribution is -0.356. The number of hydrogen-bond donors (Lipinski definition) is 10. The van der Waals surface area contributed by atoms with Crippen molar-refractivity contribution in [2.45, 2.75) is 131 Å². The Balaban J connectivity index is 1.86. The number of unbranched alkanes of at least 4 members (excludes halogenated alkanes) is 2. The standard InChI is InChI=1S/C27H53N3O13/c1-4-6-8-30(9-7-5-2)18-22(37)19(34)13(10-31)40-27(18)43-24-15(12-33)41-26(17(29-3)21(24)36)42-23-14(11-32)39-25(38)16(28)20(23)35/h13-27,29,31-38H,4-12,28H2,1-3H3/t13-,14-,15-,16-,17-,18-,19-,20-,21-,22-,23?,24?,25-,26+,27+/m1/s1. The van der Waals surface area contributed by atoms with E-state index >= 15 is 0 Å². The molecule has 0 spiro atoms. The summed E-state index contributed by atoms with van der Waals surface area (Å²) >= 11 is 0. The highest BCUT2D eigenvalue weighted by atomic mass is 16.7. The minimum absolute atomic E-state index is 0.578. The van der Waals surface area contributed by atoms with Crippen molar-refractivity contribution in [1.29, 1.82) is 0 Å². The van der Waals surface area contributed by atoms with E-state index in [2.05, 4.69) is 5.32 Å². The van der Waals surface area contributed by atoms with Crippen molar-refractivity contribution >= 4 is 0 Å². The van der Waals surface area contributed by atoms with Gasteiger partial charge in [-0.15, -0.1) is 0 Å². The molecule has 16 nitrogen and oxygen atoms in total. The van der Waals surface area contributed by atoms with E-state index in [1.165, 1.54) is 7.05 Å². The lowest BCUT2D eigenvalue weighted by Crippen LogP contribution is -2.70. The predicted octanol–water partition coefficient (Wildman–Crippen LogP) is -4.47. The Hall–Kier alpha value is -0.640. The van der Waals surface area contributed by atoms with Gasteiger partial charge in [0.2, 0.25) is 0 Å². The molecule has 0 aromatic rings. The average molecular weight is 628 g/mol. The number of aliphatic hydroxyl groups excluding tert-OH is 8. The summed E-state index contributed by atoms with van der Waals surface area (Å²) < 4.78 is 29.4. The fourth-order valence-corrected chi connectivity index (χ4v) is 5.94. The fourth-order valence-electron chi connectivity index (χ4n) is 5.94. The first kappa shape index (κ1) is 36.8. The maximum Gasteiger partial charge on any atom is 0.176 e. The molecular weight excluding hydrogens is 574 g/mol. The topological polar surface area (TPSA) is 249 Å². The molecule has 3 aliphatic heterocycles. The van der Waals surface area contributed by atoms with Crippen LogP contribution in [0.25, 0.3) is 0 Å². The van der Waals surface area contributed by atoms with Crippen molar-refractivity contribution in [3.05, 3.63) is 0 Å². The smallest absolute Gasteiger partial charge is 0.176 e. The van der Waals surface area contributed by atoms with Crippen LogP contribution in [0.15, 0.2) is 0 Å². The SMILES string of the molecule is CCCCN(CCCC)[C@H]1[C@H](OC2[C@@H](CO)O[C@@H](OC3[C@@H](CO)O[C@@H](O)[C@H](N)[C@H]3O)[C@H](NC)[C@H]2O)O[C@H](CO)[C@@H](O)[C@@H]1O. The largest absolute Gasteiger partial charge is 0.394 e. The monoisotopic (exact) mass is 627 g/mol. The number of hydrogen-bond acceptors (Lipinski definition) is 16. The fraction of sp³-hybridized carbons (Fsp3) is 1.00. The summed E-state index contributed by atoms with van der Waals surface area (Å²) in [5.74, 6) is 0. The zero-order chi connectivity index (χ0) is 31.8. The van der Waals surface area contributed by atoms with E-state index in [1.54, 1.807) is 0 Å². The zero-order valence-corrected chi connectivity index (χ0v) is 25.2. The first-order valence-electron chi connectivity index (χ1n) is 15.2. The number of ether oxygens (including phenoxy) is 5. The van der Waals surface area contributed by atoms with Crippen LogP contribution in [0.1, 0.15) is 39.5 Å². The van der Waals surface area contributed by atoms with Gasteiger partial charge >= 0.3 is 0 Å². The third kappa shape index (κ3) is 8.40. The molecule has 11 N–H and O–H groups in total. The Morgan fingerprint density at radius 2 is 1.21 bits per heavy atom. The molecule has 3 fully saturated rings. The van der Waals surface area contributed by atoms with Gasteiger partial charge in [-0.05, 0) is 33.0 Å². The van der Waals surface area contributed by atoms with Crippen molar-refractivity contribution < 1.29 is 64.5 Å². The van der Waals surface area contributed by atoms with Gasteiger partial charge in [0, 0.05) is 0 Å². The average Bonchev–Trinajstić information content (AvgIpc) is 3.00. The van der Waals surface area contributed by atoms with E-state index in [1.807, 2.05) is 18.7 Å². The van der Waals surface area contributed by atoms with Crippen LogP contribution in [0.4, 0.5) is 0 Å². The van der Waals surface area contributed by atoms with Gasteiger partial charge in [0.05, 0.1) is 37.9 Å². The molecule has 254 valence electrons. The minimum atomic E-state index is -1.54. The lowest BCUT2D eigenvalue weighted by atomic mass is 9.93. The quantitative estimate of drug-likeness (QED) is 0.0822. The van der Waals surface area contributed by atoms with Gasteiger partial charge in [0.1, 0.15) is 54.9 Å². The van der Waals surface area contributed by atoms with E-state index in [9.17, 15) is 40.9 Å². The highest BCUT2D eigenvalue weighted by molar-refractivity contribution is 5.00. The van der Waals surface area contributed by atoms with Crippen LogP contribution in [0.5, 0.6) is 0 Å². The van der Waals surface area contributed by atoms with Gasteiger partial charge in [-0.2, -0.15) is 0 Å². The third-order valence-corrected chi connectivity index (χ3v) is 8.56. The van der Waals surface area contributed by atoms with Crippen LogP contribution < -0.4 is 11.1 Å². The summed E-state index contributed by atoms with van der Waals surface area (Å²) in [5, 5.41) is 86.8. The lowest BCUT2D eigenvalue weighted by Gasteiger charge is -2.51. The Bertz CT molecular complexity index is 795. The van der Waals surface area contributed by atoms with Crippen LogP contribution in [-0.4, -0.2) is 178 Å². The van der Waals surface area contributed by atoms with Gasteiger partial charge in [-0.25, -0.2) is 0 Å². The second-order valence-electron chi connectivity index (χ2n) is 11.5. The number of nitrogens with zero attached hydrogens (tertiary/aromatic N) is 1. The Kier molecular flexibility index (Phi) is 14.8. The first-order valence-corrected chi connectivity index (χ1v) is 15.2. The molecule has 0 saturated carbocycles. The number of nitrogens with two attached hydrogens (primary N) is 1. The molecule has 0 amide bonds. The number of rotatable bonds is 15. The molecule has 0 radical (unpaired) electrons. The summed E-state index contributed by atoms with van der Waals surface area (Å²) in [6, 6.07) is -3.12. The summed E-state index contributed by atoms with van der Waals surface area (Å²) in [6.07, 6.45) is -12.3. The molecule has 3 aliphatic rings. The van der Waals surface area contributed by atoms with Gasteiger partial charge in [-0.3, -0.25) is 4.90 Å². The number of aliphatic hydroxyl groups is 8. The van der Waals surface area contributed by atoms with Gasteiger partial charge in [0.15, 0.2) is 18.9 Å². The Morgan fingerprint density at radius 1 is 0.698 bits per heavy atom. The molecule has 3 rings (SSSR count). The zero-order valence-electron chi connectivity index (χ0n) is 25.2. The molecule has 3 heterocycles. The molecule has 15 atom stereocenters. The van der Waals surface area contributed by atoms with Crippen molar-refractivity contribution in [3.63, 3.8) is 0 Å². The summed E-state index contributed by atoms with van der Waals surface area (Å²) in [4.78, 5) is 1.97. The molecule has 16 heteroatoms. The molecule has 0 aliphatic carbocycles. The van der Waals surface area contributed by atoms with Gasteiger partial charge < -0.3 is 75.6 Å². The van der Waals surface area contributed by atoms with Crippen molar-refractivity contribution in [1.82, 2.24) is 10.2 Å². The van der Waals surface area contributed by atoms with Crippen LogP contribution in [0.2, 0.25) is 0 Å². The molecule has 3 saturated heterocycles. The molecular formula is C27H53N3O13. The highest BCUT2D eigenvalue weighted by Gasteiger charge is 2.54. The Morgan fingerprint density at radius 3 is 1.74 bits per heavy atom. The van der Waals surface area contributed by atoms with E-state index in [0.717, 1.165) is 25.7 Å². The maximum atomic E-state index is 11.5. The maximum absolute atomic E-state index is 11.5. The third-order valence-electron chi connectivity index (χ3n) is 8.56. The first-order chi connectivity index (χ1) is 20.6. The second-order valence-corrected chi connectivity index (χ2v) is 11.5. The van der Waals surface area contributed by atoms with E-state index in [-0.39, 0.29) is 0 Å². The second kappa shape index (κ2) is 17.3. The number of nitrogens with one attached hydrogen (secondary N) is 1. The van der Waals surface area contributed by atoms with Crippen molar-refractivity contribution in [2.24, 2.45) is 5.73 Å². The van der Waals surface area contributed by atoms with Crippen LogP contribution in [-0.2, 0) is 23.7 Å². The van der Waals surface area contributed by atoms with Crippen molar-refractivity contribution in [3.8, 4) is 0 Å². The molecule has 0 bridgehead atoms. The minimum Gasteiger partial charge on any atom is -0.394 e. The van der Waals surface area contributed by atoms with Crippen molar-refractivity contribution in [2.75, 3.05) is 40.0 Å². The van der Waals surface area contributed by atoms with Crippen LogP contribution in [0, 0.1) is 0 Å². The van der Waals surface area contributed by atoms with E-state index in [0.29, 0.717) is 13.1 Å². The normalized spacial score (nSPS) is 44.2. The molecule has 43 heavy (non-hydrogen) atoms. The molecule has 0 aromatic carbocycles. The highest BCUT2D eigenvalue weighted by Crippen LogP contribution is 2.33. The summed E-state index contributed by atoms with van der Waals surface area (Å²) in [6.45, 7) is 3.38. The number of likely N-dealkylation sites (N-methyl/N-ethyl adjacent to an activating group) is 1. The van der Waals surface area contributed by atoms with E-state index in [4.69, 9.17) is 29.4 Å². The van der Waals surface area contributed by atoms with Gasteiger partial charge in [0.25, 0.3) is 0 Å². The summed E-state index contributed by atoms with van der Waals surface area (Å²) in [7, 11) is 1.52. The summed E-state index contributed by atoms with van der Waals surface area (Å²) in [5.41, 5.74) is 5.82. The van der Waals surface area contributed by atoms with Crippen LogP contribution in [0.3, 0.4) is 0 Å². The molecule has 0 aromatic heterocycles. The Labute approximate surface area is 252 Å². The van der Waals surface area contributed by atoms with Crippen LogP contribution >= 0.6 is 0 Å².